The first-order chi connectivity index (χ1) is 14.4. The van der Waals surface area contributed by atoms with Gasteiger partial charge in [-0.1, -0.05) is 30.3 Å². The zero-order valence-electron chi connectivity index (χ0n) is 17.7. The van der Waals surface area contributed by atoms with Crippen molar-refractivity contribution in [3.05, 3.63) is 70.1 Å². The Kier molecular flexibility index (Phi) is 7.41. The molecule has 0 saturated carbocycles. The van der Waals surface area contributed by atoms with Gasteiger partial charge in [0.25, 0.3) is 11.5 Å². The lowest BCUT2D eigenvalue weighted by Crippen LogP contribution is -2.40. The van der Waals surface area contributed by atoms with E-state index in [0.29, 0.717) is 12.1 Å². The molecule has 30 heavy (non-hydrogen) atoms. The van der Waals surface area contributed by atoms with Crippen LogP contribution in [0.4, 0.5) is 0 Å². The highest BCUT2D eigenvalue weighted by Gasteiger charge is 2.19. The molecule has 1 saturated heterocycles. The fourth-order valence-corrected chi connectivity index (χ4v) is 3.70. The van der Waals surface area contributed by atoms with Gasteiger partial charge < -0.3 is 19.7 Å². The third kappa shape index (κ3) is 5.79. The molecular weight excluding hydrogens is 380 g/mol. The van der Waals surface area contributed by atoms with Crippen LogP contribution in [-0.2, 0) is 11.3 Å². The topological polar surface area (TPSA) is 74.6 Å². The molecule has 0 spiro atoms. The van der Waals surface area contributed by atoms with Crippen LogP contribution in [0.15, 0.2) is 53.5 Å². The molecule has 7 heteroatoms. The molecule has 1 fully saturated rings. The van der Waals surface area contributed by atoms with E-state index >= 15 is 0 Å². The monoisotopic (exact) mass is 410 g/mol. The maximum atomic E-state index is 12.9. The predicted octanol–water partition coefficient (Wildman–Crippen LogP) is 1.89. The maximum absolute atomic E-state index is 12.9. The lowest BCUT2D eigenvalue weighted by molar-refractivity contribution is -0.132. The summed E-state index contributed by atoms with van der Waals surface area (Å²) in [6.07, 6.45) is 4.61. The van der Waals surface area contributed by atoms with Crippen LogP contribution >= 0.6 is 0 Å². The van der Waals surface area contributed by atoms with Crippen LogP contribution < -0.4 is 10.9 Å². The first-order valence-electron chi connectivity index (χ1n) is 10.4. The van der Waals surface area contributed by atoms with Gasteiger partial charge in [0.15, 0.2) is 0 Å². The minimum Gasteiger partial charge on any atom is -0.344 e. The van der Waals surface area contributed by atoms with Crippen molar-refractivity contribution < 1.29 is 9.59 Å². The number of amides is 2. The summed E-state index contributed by atoms with van der Waals surface area (Å²) >= 11 is 0. The van der Waals surface area contributed by atoms with Gasteiger partial charge >= 0.3 is 0 Å². The van der Waals surface area contributed by atoms with Gasteiger partial charge in [-0.3, -0.25) is 14.4 Å². The number of aromatic nitrogens is 1. The molecule has 1 aliphatic rings. The molecule has 1 aromatic carbocycles. The van der Waals surface area contributed by atoms with Crippen molar-refractivity contribution in [3.63, 3.8) is 0 Å². The number of carbonyl (C=O) groups is 2. The van der Waals surface area contributed by atoms with Crippen molar-refractivity contribution in [1.29, 1.82) is 0 Å². The van der Waals surface area contributed by atoms with E-state index in [4.69, 9.17) is 0 Å². The van der Waals surface area contributed by atoms with Gasteiger partial charge in [-0.2, -0.15) is 0 Å². The van der Waals surface area contributed by atoms with Gasteiger partial charge in [0.2, 0.25) is 5.91 Å². The van der Waals surface area contributed by atoms with Crippen LogP contribution in [0, 0.1) is 0 Å². The van der Waals surface area contributed by atoms with Gasteiger partial charge in [0.05, 0.1) is 11.6 Å². The lowest BCUT2D eigenvalue weighted by Gasteiger charge is -2.27. The maximum Gasteiger partial charge on any atom is 0.253 e. The fraction of sp³-hybridized carbons (Fsp3) is 0.435. The molecule has 7 nitrogen and oxygen atoms in total. The number of rotatable bonds is 7. The second-order valence-electron chi connectivity index (χ2n) is 8.02. The number of benzene rings is 1. The minimum atomic E-state index is -0.287. The van der Waals surface area contributed by atoms with E-state index in [2.05, 4.69) is 5.32 Å². The van der Waals surface area contributed by atoms with E-state index in [9.17, 15) is 14.4 Å². The number of likely N-dealkylation sites (tertiary alicyclic amines) is 1. The fourth-order valence-electron chi connectivity index (χ4n) is 3.70. The smallest absolute Gasteiger partial charge is 0.253 e. The molecule has 2 heterocycles. The van der Waals surface area contributed by atoms with Gasteiger partial charge in [-0.25, -0.2) is 0 Å². The number of nitrogens with zero attached hydrogens (tertiary/aromatic N) is 3. The highest BCUT2D eigenvalue weighted by Crippen LogP contribution is 2.14. The molecule has 1 N–H and O–H groups in total. The predicted molar refractivity (Wildman–Crippen MR) is 116 cm³/mol. The molecule has 1 aromatic heterocycles. The summed E-state index contributed by atoms with van der Waals surface area (Å²) in [5, 5.41) is 3.05. The molecule has 0 radical (unpaired) electrons. The number of carbonyl (C=O) groups excluding carboxylic acids is 2. The zero-order valence-corrected chi connectivity index (χ0v) is 17.7. The van der Waals surface area contributed by atoms with Gasteiger partial charge in [0.1, 0.15) is 6.54 Å². The average Bonchev–Trinajstić information content (AvgIpc) is 2.75. The van der Waals surface area contributed by atoms with Crippen molar-refractivity contribution in [3.8, 4) is 0 Å². The highest BCUT2D eigenvalue weighted by molar-refractivity contribution is 5.94. The summed E-state index contributed by atoms with van der Waals surface area (Å²) in [7, 11) is 3.91. The van der Waals surface area contributed by atoms with E-state index in [-0.39, 0.29) is 30.0 Å². The molecule has 2 amide bonds. The molecule has 0 bridgehead atoms. The molecule has 160 valence electrons. The SMILES string of the molecule is CN(C)C[C@@H](NC(=O)c1ccc(=O)n(CC(=O)N2CCCCC2)c1)c1ccccc1. The Balaban J connectivity index is 1.74. The van der Waals surface area contributed by atoms with Gasteiger partial charge in [0, 0.05) is 31.9 Å². The van der Waals surface area contributed by atoms with E-state index < -0.39 is 0 Å². The van der Waals surface area contributed by atoms with Crippen LogP contribution in [0.3, 0.4) is 0 Å². The third-order valence-corrected chi connectivity index (χ3v) is 5.32. The summed E-state index contributed by atoms with van der Waals surface area (Å²) < 4.78 is 1.33. The summed E-state index contributed by atoms with van der Waals surface area (Å²) in [5.74, 6) is -0.353. The number of likely N-dealkylation sites (N-methyl/N-ethyl adjacent to an activating group) is 1. The molecule has 2 aromatic rings. The molecule has 0 unspecified atom stereocenters. The van der Waals surface area contributed by atoms with Crippen molar-refractivity contribution in [2.75, 3.05) is 33.7 Å². The van der Waals surface area contributed by atoms with Crippen LogP contribution in [0.25, 0.3) is 0 Å². The van der Waals surface area contributed by atoms with Crippen LogP contribution in [0.5, 0.6) is 0 Å². The summed E-state index contributed by atoms with van der Waals surface area (Å²) in [5.41, 5.74) is 1.08. The largest absolute Gasteiger partial charge is 0.344 e. The van der Waals surface area contributed by atoms with E-state index in [1.54, 1.807) is 4.90 Å². The van der Waals surface area contributed by atoms with Crippen molar-refractivity contribution in [1.82, 2.24) is 19.7 Å². The number of piperidine rings is 1. The van der Waals surface area contributed by atoms with Crippen LogP contribution in [-0.4, -0.2) is 59.9 Å². The van der Waals surface area contributed by atoms with Gasteiger partial charge in [-0.15, -0.1) is 0 Å². The second-order valence-corrected chi connectivity index (χ2v) is 8.02. The number of hydrogen-bond donors (Lipinski definition) is 1. The van der Waals surface area contributed by atoms with Crippen LogP contribution in [0.2, 0.25) is 0 Å². The quantitative estimate of drug-likeness (QED) is 0.757. The third-order valence-electron chi connectivity index (χ3n) is 5.32. The van der Waals surface area contributed by atoms with Crippen molar-refractivity contribution in [2.45, 2.75) is 31.8 Å². The summed E-state index contributed by atoms with van der Waals surface area (Å²) in [6.45, 7) is 2.07. The molecule has 1 atom stereocenters. The van der Waals surface area contributed by atoms with Crippen molar-refractivity contribution >= 4 is 11.8 Å². The number of nitrogens with one attached hydrogen (secondary N) is 1. The zero-order chi connectivity index (χ0) is 21.5. The number of pyridine rings is 1. The highest BCUT2D eigenvalue weighted by atomic mass is 16.2. The minimum absolute atomic E-state index is 0.0419. The summed E-state index contributed by atoms with van der Waals surface area (Å²) in [6, 6.07) is 12.4. The average molecular weight is 411 g/mol. The normalized spacial score (nSPS) is 15.1. The Morgan fingerprint density at radius 1 is 1.03 bits per heavy atom. The van der Waals surface area contributed by atoms with Crippen LogP contribution in [0.1, 0.15) is 41.2 Å². The first-order valence-corrected chi connectivity index (χ1v) is 10.4. The van der Waals surface area contributed by atoms with Crippen molar-refractivity contribution in [2.24, 2.45) is 0 Å². The molecule has 3 rings (SSSR count). The van der Waals surface area contributed by atoms with Gasteiger partial charge in [-0.05, 0) is 45.0 Å². The Hall–Kier alpha value is -2.93. The van der Waals surface area contributed by atoms with E-state index in [1.807, 2.05) is 49.3 Å². The summed E-state index contributed by atoms with van der Waals surface area (Å²) in [4.78, 5) is 41.5. The lowest BCUT2D eigenvalue weighted by atomic mass is 10.1. The van der Waals surface area contributed by atoms with E-state index in [1.165, 1.54) is 22.9 Å². The van der Waals surface area contributed by atoms with E-state index in [0.717, 1.165) is 37.9 Å². The second kappa shape index (κ2) is 10.2. The Morgan fingerprint density at radius 3 is 2.40 bits per heavy atom. The Bertz CT molecular complexity index is 918. The molecule has 1 aliphatic heterocycles. The first kappa shape index (κ1) is 21.8. The molecule has 0 aliphatic carbocycles. The Labute approximate surface area is 177 Å². The standard InChI is InChI=1S/C23H30N4O3/c1-25(2)16-20(18-9-5-3-6-10-18)24-23(30)19-11-12-21(28)27(15-19)17-22(29)26-13-7-4-8-14-26/h3,5-6,9-12,15,20H,4,7-8,13-14,16-17H2,1-2H3,(H,24,30)/t20-/m1/s1. The Morgan fingerprint density at radius 2 is 1.73 bits per heavy atom. The molecular formula is C23H30N4O3. The number of hydrogen-bond acceptors (Lipinski definition) is 4.